The summed E-state index contributed by atoms with van der Waals surface area (Å²) in [6, 6.07) is 6.81. The third kappa shape index (κ3) is 3.05. The summed E-state index contributed by atoms with van der Waals surface area (Å²) in [7, 11) is 0. The van der Waals surface area contributed by atoms with Gasteiger partial charge in [-0.15, -0.1) is 10.2 Å². The summed E-state index contributed by atoms with van der Waals surface area (Å²) in [6.07, 6.45) is 4.38. The highest BCUT2D eigenvalue weighted by Crippen LogP contribution is 2.49. The molecule has 0 unspecified atom stereocenters. The first-order chi connectivity index (χ1) is 12.2. The largest absolute Gasteiger partial charge is 0.342 e. The maximum absolute atomic E-state index is 13.9. The van der Waals surface area contributed by atoms with E-state index in [0.717, 1.165) is 44.7 Å². The average molecular weight is 342 g/mol. The maximum Gasteiger partial charge on any atom is 0.226 e. The number of likely N-dealkylation sites (tertiary alicyclic amines) is 1. The number of benzene rings is 1. The SMILES string of the molecule is CCn1cnnc1C1CCN(C(=O)[C@@H]2C[C@H]2c2ccccc2F)CC1. The number of hydrogen-bond acceptors (Lipinski definition) is 3. The van der Waals surface area contributed by atoms with Gasteiger partial charge in [0.2, 0.25) is 5.91 Å². The van der Waals surface area contributed by atoms with Crippen LogP contribution in [0.25, 0.3) is 0 Å². The Bertz CT molecular complexity index is 766. The Labute approximate surface area is 146 Å². The second-order valence-corrected chi connectivity index (χ2v) is 7.04. The van der Waals surface area contributed by atoms with E-state index in [0.29, 0.717) is 11.5 Å². The van der Waals surface area contributed by atoms with E-state index in [9.17, 15) is 9.18 Å². The number of carbonyl (C=O) groups excluding carboxylic acids is 1. The van der Waals surface area contributed by atoms with Crippen LogP contribution in [0, 0.1) is 11.7 Å². The molecule has 4 rings (SSSR count). The van der Waals surface area contributed by atoms with Gasteiger partial charge in [-0.25, -0.2) is 4.39 Å². The molecule has 2 atom stereocenters. The zero-order valence-electron chi connectivity index (χ0n) is 14.4. The van der Waals surface area contributed by atoms with Gasteiger partial charge in [-0.3, -0.25) is 4.79 Å². The number of aryl methyl sites for hydroxylation is 1. The minimum absolute atomic E-state index is 0.0484. The van der Waals surface area contributed by atoms with Gasteiger partial charge in [0.25, 0.3) is 0 Å². The van der Waals surface area contributed by atoms with Crippen LogP contribution in [0.1, 0.15) is 49.4 Å². The van der Waals surface area contributed by atoms with Crippen LogP contribution in [-0.2, 0) is 11.3 Å². The Morgan fingerprint density at radius 2 is 2.04 bits per heavy atom. The predicted octanol–water partition coefficient (Wildman–Crippen LogP) is 2.95. The fourth-order valence-corrected chi connectivity index (χ4v) is 4.00. The Hall–Kier alpha value is -2.24. The van der Waals surface area contributed by atoms with Crippen LogP contribution in [0.4, 0.5) is 4.39 Å². The van der Waals surface area contributed by atoms with Crippen LogP contribution >= 0.6 is 0 Å². The first kappa shape index (κ1) is 16.2. The van der Waals surface area contributed by atoms with Gasteiger partial charge >= 0.3 is 0 Å². The lowest BCUT2D eigenvalue weighted by atomic mass is 9.95. The summed E-state index contributed by atoms with van der Waals surface area (Å²) < 4.78 is 16.0. The zero-order chi connectivity index (χ0) is 17.4. The van der Waals surface area contributed by atoms with Gasteiger partial charge in [-0.2, -0.15) is 0 Å². The van der Waals surface area contributed by atoms with Crippen LogP contribution in [0.5, 0.6) is 0 Å². The first-order valence-corrected chi connectivity index (χ1v) is 9.10. The number of nitrogens with zero attached hydrogens (tertiary/aromatic N) is 4. The molecule has 0 radical (unpaired) electrons. The third-order valence-corrected chi connectivity index (χ3v) is 5.57. The van der Waals surface area contributed by atoms with Crippen LogP contribution < -0.4 is 0 Å². The summed E-state index contributed by atoms with van der Waals surface area (Å²) in [6.45, 7) is 4.45. The summed E-state index contributed by atoms with van der Waals surface area (Å²) in [5, 5.41) is 8.27. The van der Waals surface area contributed by atoms with Crippen molar-refractivity contribution in [2.45, 2.75) is 44.6 Å². The van der Waals surface area contributed by atoms with Crippen molar-refractivity contribution in [3.8, 4) is 0 Å². The van der Waals surface area contributed by atoms with Gasteiger partial charge in [-0.05, 0) is 43.7 Å². The van der Waals surface area contributed by atoms with Gasteiger partial charge in [0.15, 0.2) is 0 Å². The smallest absolute Gasteiger partial charge is 0.226 e. The van der Waals surface area contributed by atoms with Crippen molar-refractivity contribution in [3.05, 3.63) is 47.8 Å². The number of amides is 1. The Kier molecular flexibility index (Phi) is 4.27. The summed E-state index contributed by atoms with van der Waals surface area (Å²) >= 11 is 0. The summed E-state index contributed by atoms with van der Waals surface area (Å²) in [5.74, 6) is 1.39. The van der Waals surface area contributed by atoms with E-state index in [1.54, 1.807) is 18.5 Å². The zero-order valence-corrected chi connectivity index (χ0v) is 14.4. The molecule has 1 saturated heterocycles. The van der Waals surface area contributed by atoms with Crippen molar-refractivity contribution in [3.63, 3.8) is 0 Å². The molecule has 2 fully saturated rings. The standard InChI is InChI=1S/C19H23FN4O/c1-2-23-12-21-22-18(23)13-7-9-24(10-8-13)19(25)16-11-15(16)14-5-3-4-6-17(14)20/h3-6,12-13,15-16H,2,7-11H2,1H3/t15-,16+/m0/s1. The fraction of sp³-hybridized carbons (Fsp3) is 0.526. The molecule has 2 heterocycles. The monoisotopic (exact) mass is 342 g/mol. The normalized spacial score (nSPS) is 23.7. The highest BCUT2D eigenvalue weighted by molar-refractivity contribution is 5.83. The molecule has 0 bridgehead atoms. The van der Waals surface area contributed by atoms with Crippen LogP contribution in [-0.4, -0.2) is 38.7 Å². The Balaban J connectivity index is 1.36. The highest BCUT2D eigenvalue weighted by atomic mass is 19.1. The number of rotatable bonds is 4. The second-order valence-electron chi connectivity index (χ2n) is 7.04. The van der Waals surface area contributed by atoms with Crippen molar-refractivity contribution in [1.29, 1.82) is 0 Å². The molecule has 1 aliphatic carbocycles. The minimum atomic E-state index is -0.194. The lowest BCUT2D eigenvalue weighted by Crippen LogP contribution is -2.39. The summed E-state index contributed by atoms with van der Waals surface area (Å²) in [5.41, 5.74) is 0.687. The van der Waals surface area contributed by atoms with E-state index >= 15 is 0 Å². The molecule has 1 aromatic heterocycles. The van der Waals surface area contributed by atoms with Crippen LogP contribution in [0.3, 0.4) is 0 Å². The van der Waals surface area contributed by atoms with E-state index < -0.39 is 0 Å². The fourth-order valence-electron chi connectivity index (χ4n) is 4.00. The lowest BCUT2D eigenvalue weighted by Gasteiger charge is -2.32. The molecule has 1 saturated carbocycles. The second kappa shape index (κ2) is 6.58. The number of aromatic nitrogens is 3. The average Bonchev–Trinajstić information content (AvgIpc) is 3.29. The van der Waals surface area contributed by atoms with E-state index in [1.807, 2.05) is 11.0 Å². The molecular formula is C19H23FN4O. The van der Waals surface area contributed by atoms with Gasteiger partial charge in [0.05, 0.1) is 0 Å². The van der Waals surface area contributed by atoms with Gasteiger partial charge in [0.1, 0.15) is 18.0 Å². The molecule has 0 N–H and O–H groups in total. The topological polar surface area (TPSA) is 51.0 Å². The molecule has 2 aliphatic rings. The molecule has 1 aliphatic heterocycles. The maximum atomic E-state index is 13.9. The van der Waals surface area contributed by atoms with Crippen molar-refractivity contribution in [1.82, 2.24) is 19.7 Å². The summed E-state index contributed by atoms with van der Waals surface area (Å²) in [4.78, 5) is 14.7. The van der Waals surface area contributed by atoms with E-state index in [1.165, 1.54) is 6.07 Å². The number of piperidine rings is 1. The van der Waals surface area contributed by atoms with Crippen LogP contribution in [0.15, 0.2) is 30.6 Å². The first-order valence-electron chi connectivity index (χ1n) is 9.10. The van der Waals surface area contributed by atoms with Crippen molar-refractivity contribution >= 4 is 5.91 Å². The quantitative estimate of drug-likeness (QED) is 0.858. The number of hydrogen-bond donors (Lipinski definition) is 0. The molecule has 2 aromatic rings. The molecule has 0 spiro atoms. The predicted molar refractivity (Wildman–Crippen MR) is 91.5 cm³/mol. The highest BCUT2D eigenvalue weighted by Gasteiger charge is 2.47. The van der Waals surface area contributed by atoms with Gasteiger partial charge in [0, 0.05) is 31.5 Å². The van der Waals surface area contributed by atoms with E-state index in [2.05, 4.69) is 21.7 Å². The molecule has 25 heavy (non-hydrogen) atoms. The van der Waals surface area contributed by atoms with Crippen LogP contribution in [0.2, 0.25) is 0 Å². The molecular weight excluding hydrogens is 319 g/mol. The number of carbonyl (C=O) groups is 1. The molecule has 132 valence electrons. The minimum Gasteiger partial charge on any atom is -0.342 e. The van der Waals surface area contributed by atoms with Gasteiger partial charge in [-0.1, -0.05) is 18.2 Å². The molecule has 6 heteroatoms. The molecule has 1 amide bonds. The lowest BCUT2D eigenvalue weighted by molar-refractivity contribution is -0.133. The van der Waals surface area contributed by atoms with E-state index in [4.69, 9.17) is 0 Å². The van der Waals surface area contributed by atoms with Crippen molar-refractivity contribution < 1.29 is 9.18 Å². The third-order valence-electron chi connectivity index (χ3n) is 5.57. The van der Waals surface area contributed by atoms with Crippen molar-refractivity contribution in [2.75, 3.05) is 13.1 Å². The number of halogens is 1. The Morgan fingerprint density at radius 1 is 1.28 bits per heavy atom. The molecule has 1 aromatic carbocycles. The molecule has 5 nitrogen and oxygen atoms in total. The Morgan fingerprint density at radius 3 is 2.76 bits per heavy atom. The van der Waals surface area contributed by atoms with Gasteiger partial charge < -0.3 is 9.47 Å². The van der Waals surface area contributed by atoms with E-state index in [-0.39, 0.29) is 23.6 Å². The van der Waals surface area contributed by atoms with Crippen molar-refractivity contribution in [2.24, 2.45) is 5.92 Å².